The lowest BCUT2D eigenvalue weighted by molar-refractivity contribution is 0.0736. The number of carbonyl (C=O) groups is 1. The highest BCUT2D eigenvalue weighted by Crippen LogP contribution is 2.29. The van der Waals surface area contributed by atoms with Gasteiger partial charge in [-0.2, -0.15) is 11.3 Å². The van der Waals surface area contributed by atoms with Crippen LogP contribution in [0.3, 0.4) is 0 Å². The monoisotopic (exact) mass is 357 g/mol. The lowest BCUT2D eigenvalue weighted by Gasteiger charge is -2.27. The zero-order valence-electron chi connectivity index (χ0n) is 13.0. The summed E-state index contributed by atoms with van der Waals surface area (Å²) in [5.41, 5.74) is 3.29. The van der Waals surface area contributed by atoms with Gasteiger partial charge < -0.3 is 10.2 Å². The van der Waals surface area contributed by atoms with Crippen LogP contribution >= 0.6 is 22.9 Å². The van der Waals surface area contributed by atoms with E-state index in [1.807, 2.05) is 46.0 Å². The molecule has 0 saturated carbocycles. The molecule has 1 aliphatic heterocycles. The van der Waals surface area contributed by atoms with Gasteiger partial charge in [-0.3, -0.25) is 4.79 Å². The van der Waals surface area contributed by atoms with E-state index >= 15 is 0 Å². The molecule has 3 aromatic rings. The zero-order chi connectivity index (χ0) is 16.5. The number of hydrogen-bond acceptors (Lipinski definition) is 4. The summed E-state index contributed by atoms with van der Waals surface area (Å²) in [4.78, 5) is 19.3. The number of carbonyl (C=O) groups excluding carboxylic acids is 1. The molecule has 1 fully saturated rings. The third-order valence-electron chi connectivity index (χ3n) is 4.23. The summed E-state index contributed by atoms with van der Waals surface area (Å²) in [6.07, 6.45) is 0. The summed E-state index contributed by atoms with van der Waals surface area (Å²) in [7, 11) is 0. The predicted octanol–water partition coefficient (Wildman–Crippen LogP) is 3.66. The number of hydrogen-bond donors (Lipinski definition) is 1. The number of piperazine rings is 1. The van der Waals surface area contributed by atoms with Gasteiger partial charge in [0.05, 0.1) is 16.2 Å². The standard InChI is InChI=1S/C18H16ClN3OS/c19-15-10-16(13-3-8-24-11-13)21-17-9-12(1-2-14(15)17)18(23)22-6-4-20-5-7-22/h1-3,8-11,20H,4-7H2. The van der Waals surface area contributed by atoms with Crippen molar-refractivity contribution >= 4 is 39.7 Å². The van der Waals surface area contributed by atoms with Crippen LogP contribution in [0.4, 0.5) is 0 Å². The Hall–Kier alpha value is -1.95. The van der Waals surface area contributed by atoms with Gasteiger partial charge in [0.25, 0.3) is 5.91 Å². The van der Waals surface area contributed by atoms with E-state index in [4.69, 9.17) is 16.6 Å². The van der Waals surface area contributed by atoms with Gasteiger partial charge in [-0.05, 0) is 29.6 Å². The Morgan fingerprint density at radius 3 is 2.79 bits per heavy atom. The van der Waals surface area contributed by atoms with Crippen molar-refractivity contribution in [2.45, 2.75) is 0 Å². The molecule has 1 saturated heterocycles. The first-order chi connectivity index (χ1) is 11.7. The second kappa shape index (κ2) is 6.51. The van der Waals surface area contributed by atoms with E-state index in [-0.39, 0.29) is 5.91 Å². The molecule has 1 aromatic carbocycles. The van der Waals surface area contributed by atoms with E-state index in [2.05, 4.69) is 5.32 Å². The van der Waals surface area contributed by atoms with Gasteiger partial charge in [-0.15, -0.1) is 0 Å². The molecule has 0 radical (unpaired) electrons. The molecule has 0 bridgehead atoms. The van der Waals surface area contributed by atoms with Crippen LogP contribution in [0.15, 0.2) is 41.1 Å². The number of rotatable bonds is 2. The number of amides is 1. The summed E-state index contributed by atoms with van der Waals surface area (Å²) in [5, 5.41) is 8.84. The average Bonchev–Trinajstić information content (AvgIpc) is 3.16. The van der Waals surface area contributed by atoms with E-state index < -0.39 is 0 Å². The van der Waals surface area contributed by atoms with Crippen molar-refractivity contribution in [3.05, 3.63) is 51.7 Å². The molecule has 2 aromatic heterocycles. The number of nitrogens with one attached hydrogen (secondary N) is 1. The summed E-state index contributed by atoms with van der Waals surface area (Å²) in [5.74, 6) is 0.0530. The maximum atomic E-state index is 12.7. The van der Waals surface area contributed by atoms with Gasteiger partial charge in [0, 0.05) is 48.1 Å². The van der Waals surface area contributed by atoms with E-state index in [1.165, 1.54) is 0 Å². The van der Waals surface area contributed by atoms with Crippen LogP contribution in [-0.4, -0.2) is 42.0 Å². The van der Waals surface area contributed by atoms with Crippen LogP contribution in [-0.2, 0) is 0 Å². The second-order valence-electron chi connectivity index (χ2n) is 5.78. The van der Waals surface area contributed by atoms with Crippen molar-refractivity contribution < 1.29 is 4.79 Å². The summed E-state index contributed by atoms with van der Waals surface area (Å²) in [6, 6.07) is 9.47. The van der Waals surface area contributed by atoms with Gasteiger partial charge >= 0.3 is 0 Å². The number of benzene rings is 1. The quantitative estimate of drug-likeness (QED) is 0.761. The molecule has 0 unspecified atom stereocenters. The molecule has 1 aliphatic rings. The van der Waals surface area contributed by atoms with E-state index in [9.17, 15) is 4.79 Å². The smallest absolute Gasteiger partial charge is 0.254 e. The van der Waals surface area contributed by atoms with Gasteiger partial charge in [0.15, 0.2) is 0 Å². The number of fused-ring (bicyclic) bond motifs is 1. The average molecular weight is 358 g/mol. The first-order valence-electron chi connectivity index (χ1n) is 7.85. The van der Waals surface area contributed by atoms with E-state index in [0.717, 1.165) is 48.3 Å². The summed E-state index contributed by atoms with van der Waals surface area (Å²) in [6.45, 7) is 3.15. The minimum Gasteiger partial charge on any atom is -0.336 e. The van der Waals surface area contributed by atoms with Crippen molar-refractivity contribution in [2.24, 2.45) is 0 Å². The highest BCUT2D eigenvalue weighted by atomic mass is 35.5. The molecule has 4 rings (SSSR count). The molecule has 6 heteroatoms. The molecule has 0 spiro atoms. The first kappa shape index (κ1) is 15.6. The van der Waals surface area contributed by atoms with Crippen molar-refractivity contribution in [1.29, 1.82) is 0 Å². The molecule has 1 N–H and O–H groups in total. The van der Waals surface area contributed by atoms with Crippen molar-refractivity contribution in [3.8, 4) is 11.3 Å². The predicted molar refractivity (Wildman–Crippen MR) is 98.8 cm³/mol. The lowest BCUT2D eigenvalue weighted by atomic mass is 10.1. The van der Waals surface area contributed by atoms with Crippen molar-refractivity contribution in [1.82, 2.24) is 15.2 Å². The summed E-state index contributed by atoms with van der Waals surface area (Å²) < 4.78 is 0. The zero-order valence-corrected chi connectivity index (χ0v) is 14.5. The van der Waals surface area contributed by atoms with Gasteiger partial charge in [-0.1, -0.05) is 17.7 Å². The minimum absolute atomic E-state index is 0.0530. The highest BCUT2D eigenvalue weighted by molar-refractivity contribution is 7.08. The number of aromatic nitrogens is 1. The van der Waals surface area contributed by atoms with Gasteiger partial charge in [0.2, 0.25) is 0 Å². The maximum absolute atomic E-state index is 12.7. The Bertz CT molecular complexity index is 889. The molecule has 4 nitrogen and oxygen atoms in total. The second-order valence-corrected chi connectivity index (χ2v) is 6.96. The lowest BCUT2D eigenvalue weighted by Crippen LogP contribution is -2.46. The van der Waals surface area contributed by atoms with E-state index in [0.29, 0.717) is 10.6 Å². The molecular weight excluding hydrogens is 342 g/mol. The Kier molecular flexibility index (Phi) is 4.22. The number of nitrogens with zero attached hydrogens (tertiary/aromatic N) is 2. The molecule has 24 heavy (non-hydrogen) atoms. The summed E-state index contributed by atoms with van der Waals surface area (Å²) >= 11 is 8.04. The molecule has 1 amide bonds. The van der Waals surface area contributed by atoms with Crippen LogP contribution < -0.4 is 5.32 Å². The Labute approximate surface area is 149 Å². The van der Waals surface area contributed by atoms with Crippen molar-refractivity contribution in [2.75, 3.05) is 26.2 Å². The van der Waals surface area contributed by atoms with Crippen LogP contribution in [0.25, 0.3) is 22.2 Å². The third-order valence-corrected chi connectivity index (χ3v) is 5.22. The van der Waals surface area contributed by atoms with Crippen LogP contribution in [0.1, 0.15) is 10.4 Å². The van der Waals surface area contributed by atoms with Crippen LogP contribution in [0.2, 0.25) is 5.02 Å². The normalized spacial score (nSPS) is 15.0. The Morgan fingerprint density at radius 2 is 2.04 bits per heavy atom. The number of pyridine rings is 1. The molecule has 0 atom stereocenters. The highest BCUT2D eigenvalue weighted by Gasteiger charge is 2.18. The van der Waals surface area contributed by atoms with Crippen molar-refractivity contribution in [3.63, 3.8) is 0 Å². The molecule has 3 heterocycles. The van der Waals surface area contributed by atoms with Crippen LogP contribution in [0, 0.1) is 0 Å². The van der Waals surface area contributed by atoms with Crippen LogP contribution in [0.5, 0.6) is 0 Å². The fourth-order valence-electron chi connectivity index (χ4n) is 2.93. The molecule has 0 aliphatic carbocycles. The first-order valence-corrected chi connectivity index (χ1v) is 9.17. The third kappa shape index (κ3) is 2.90. The fraction of sp³-hybridized carbons (Fsp3) is 0.222. The van der Waals surface area contributed by atoms with E-state index in [1.54, 1.807) is 11.3 Å². The van der Waals surface area contributed by atoms with Gasteiger partial charge in [-0.25, -0.2) is 4.98 Å². The largest absolute Gasteiger partial charge is 0.336 e. The number of thiophene rings is 1. The Morgan fingerprint density at radius 1 is 1.21 bits per heavy atom. The topological polar surface area (TPSA) is 45.2 Å². The van der Waals surface area contributed by atoms with Gasteiger partial charge in [0.1, 0.15) is 0 Å². The number of halogens is 1. The fourth-order valence-corrected chi connectivity index (χ4v) is 3.84. The SMILES string of the molecule is O=C(c1ccc2c(Cl)cc(-c3ccsc3)nc2c1)N1CCNCC1. The maximum Gasteiger partial charge on any atom is 0.254 e. The molecular formula is C18H16ClN3OS. The minimum atomic E-state index is 0.0530. The Balaban J connectivity index is 1.75. The molecule has 122 valence electrons.